The van der Waals surface area contributed by atoms with Crippen molar-refractivity contribution in [2.45, 2.75) is 25.0 Å². The van der Waals surface area contributed by atoms with Crippen molar-refractivity contribution in [3.05, 3.63) is 27.7 Å². The highest BCUT2D eigenvalue weighted by Crippen LogP contribution is 2.26. The van der Waals surface area contributed by atoms with E-state index < -0.39 is 18.2 Å². The monoisotopic (exact) mass is 347 g/mol. The van der Waals surface area contributed by atoms with Crippen molar-refractivity contribution in [3.8, 4) is 0 Å². The molecular weight excluding hydrogens is 337 g/mol. The highest BCUT2D eigenvalue weighted by atomic mass is 79.9. The maximum atomic E-state index is 11.9. The maximum absolute atomic E-state index is 11.9. The number of halogens is 2. The minimum Gasteiger partial charge on any atom is -0.479 e. The first-order chi connectivity index (χ1) is 8.97. The van der Waals surface area contributed by atoms with Crippen molar-refractivity contribution in [2.24, 2.45) is 0 Å². The summed E-state index contributed by atoms with van der Waals surface area (Å²) < 4.78 is 5.83. The van der Waals surface area contributed by atoms with E-state index in [-0.39, 0.29) is 5.91 Å². The molecule has 1 aliphatic rings. The third-order valence-electron chi connectivity index (χ3n) is 2.77. The fraction of sp³-hybridized carbons (Fsp3) is 0.333. The van der Waals surface area contributed by atoms with E-state index in [4.69, 9.17) is 21.4 Å². The van der Waals surface area contributed by atoms with E-state index in [0.29, 0.717) is 28.0 Å². The number of carbonyl (C=O) groups excluding carboxylic acids is 1. The third-order valence-corrected chi connectivity index (χ3v) is 3.99. The van der Waals surface area contributed by atoms with Crippen LogP contribution in [0, 0.1) is 0 Å². The van der Waals surface area contributed by atoms with Gasteiger partial charge in [0.1, 0.15) is 6.10 Å². The highest BCUT2D eigenvalue weighted by Gasteiger charge is 2.34. The van der Waals surface area contributed by atoms with Gasteiger partial charge in [-0.25, -0.2) is 4.79 Å². The SMILES string of the molecule is O=C(Nc1ccc(Cl)c(Br)c1)[C@@H]1CC[C@H](C(=O)O)O1. The molecule has 0 bridgehead atoms. The number of nitrogens with one attached hydrogen (secondary N) is 1. The van der Waals surface area contributed by atoms with Crippen molar-refractivity contribution in [2.75, 3.05) is 5.32 Å². The van der Waals surface area contributed by atoms with E-state index in [2.05, 4.69) is 21.2 Å². The summed E-state index contributed by atoms with van der Waals surface area (Å²) in [4.78, 5) is 22.6. The molecule has 0 aromatic heterocycles. The number of aliphatic carboxylic acids is 1. The Morgan fingerprint density at radius 2 is 2.05 bits per heavy atom. The van der Waals surface area contributed by atoms with Crippen molar-refractivity contribution in [1.82, 2.24) is 0 Å². The number of carboxylic acids is 1. The number of hydrogen-bond donors (Lipinski definition) is 2. The van der Waals surface area contributed by atoms with Crippen LogP contribution in [0.25, 0.3) is 0 Å². The van der Waals surface area contributed by atoms with Gasteiger partial charge in [0.05, 0.1) is 5.02 Å². The van der Waals surface area contributed by atoms with Gasteiger partial charge in [0, 0.05) is 10.2 Å². The molecule has 1 aliphatic heterocycles. The molecule has 1 aromatic carbocycles. The average Bonchev–Trinajstić information content (AvgIpc) is 2.83. The van der Waals surface area contributed by atoms with E-state index in [1.54, 1.807) is 18.2 Å². The first kappa shape index (κ1) is 14.3. The third kappa shape index (κ3) is 3.46. The maximum Gasteiger partial charge on any atom is 0.332 e. The van der Waals surface area contributed by atoms with Gasteiger partial charge in [-0.3, -0.25) is 4.79 Å². The second-order valence-electron chi connectivity index (χ2n) is 4.15. The van der Waals surface area contributed by atoms with Gasteiger partial charge >= 0.3 is 5.97 Å². The highest BCUT2D eigenvalue weighted by molar-refractivity contribution is 9.10. The molecule has 5 nitrogen and oxygen atoms in total. The van der Waals surface area contributed by atoms with Gasteiger partial charge in [0.2, 0.25) is 0 Å². The standard InChI is InChI=1S/C12H11BrClNO4/c13-7-5-6(1-2-8(7)14)15-11(16)9-3-4-10(19-9)12(17)18/h1-2,5,9-10H,3-4H2,(H,15,16)(H,17,18)/t9-,10+/m0/s1. The molecule has 0 radical (unpaired) electrons. The number of amides is 1. The summed E-state index contributed by atoms with van der Waals surface area (Å²) in [5.74, 6) is -1.39. The minimum atomic E-state index is -1.04. The zero-order valence-electron chi connectivity index (χ0n) is 9.73. The van der Waals surface area contributed by atoms with Crippen LogP contribution in [0.3, 0.4) is 0 Å². The number of hydrogen-bond acceptors (Lipinski definition) is 3. The van der Waals surface area contributed by atoms with E-state index in [9.17, 15) is 9.59 Å². The van der Waals surface area contributed by atoms with Crippen LogP contribution in [-0.4, -0.2) is 29.2 Å². The Morgan fingerprint density at radius 3 is 2.63 bits per heavy atom. The van der Waals surface area contributed by atoms with Crippen molar-refractivity contribution < 1.29 is 19.4 Å². The second-order valence-corrected chi connectivity index (χ2v) is 5.41. The average molecular weight is 349 g/mol. The molecular formula is C12H11BrClNO4. The summed E-state index contributed by atoms with van der Waals surface area (Å²) in [5, 5.41) is 12.0. The molecule has 1 amide bonds. The number of anilines is 1. The fourth-order valence-electron chi connectivity index (χ4n) is 1.81. The topological polar surface area (TPSA) is 75.6 Å². The Kier molecular flexibility index (Phi) is 4.44. The van der Waals surface area contributed by atoms with Crippen LogP contribution in [0.1, 0.15) is 12.8 Å². The molecule has 19 heavy (non-hydrogen) atoms. The van der Waals surface area contributed by atoms with Gasteiger partial charge in [-0.05, 0) is 47.0 Å². The number of carboxylic acid groups (broad SMARTS) is 1. The second kappa shape index (κ2) is 5.90. The van der Waals surface area contributed by atoms with E-state index in [1.165, 1.54) is 0 Å². The van der Waals surface area contributed by atoms with Crippen LogP contribution in [0.2, 0.25) is 5.02 Å². The van der Waals surface area contributed by atoms with Gasteiger partial charge in [0.25, 0.3) is 5.91 Å². The number of ether oxygens (including phenoxy) is 1. The molecule has 0 aliphatic carbocycles. The van der Waals surface area contributed by atoms with Crippen molar-refractivity contribution in [3.63, 3.8) is 0 Å². The van der Waals surface area contributed by atoms with Crippen LogP contribution in [0.4, 0.5) is 5.69 Å². The predicted octanol–water partition coefficient (Wildman–Crippen LogP) is 2.67. The van der Waals surface area contributed by atoms with E-state index >= 15 is 0 Å². The predicted molar refractivity (Wildman–Crippen MR) is 73.3 cm³/mol. The van der Waals surface area contributed by atoms with Crippen LogP contribution in [0.5, 0.6) is 0 Å². The van der Waals surface area contributed by atoms with Crippen molar-refractivity contribution >= 4 is 45.1 Å². The fourth-order valence-corrected chi connectivity index (χ4v) is 2.30. The van der Waals surface area contributed by atoms with Gasteiger partial charge in [-0.15, -0.1) is 0 Å². The molecule has 0 unspecified atom stereocenters. The molecule has 1 fully saturated rings. The quantitative estimate of drug-likeness (QED) is 0.880. The van der Waals surface area contributed by atoms with Gasteiger partial charge in [0.15, 0.2) is 6.10 Å². The summed E-state index contributed by atoms with van der Waals surface area (Å²) in [6.07, 6.45) is -0.877. The Bertz CT molecular complexity index is 522. The zero-order valence-corrected chi connectivity index (χ0v) is 12.1. The number of rotatable bonds is 3. The lowest BCUT2D eigenvalue weighted by Crippen LogP contribution is -2.29. The van der Waals surface area contributed by atoms with Crippen LogP contribution >= 0.6 is 27.5 Å². The molecule has 1 saturated heterocycles. The molecule has 2 atom stereocenters. The lowest BCUT2D eigenvalue weighted by molar-refractivity contribution is -0.150. The molecule has 1 heterocycles. The normalized spacial score (nSPS) is 22.2. The summed E-state index contributed by atoms with van der Waals surface area (Å²) in [7, 11) is 0. The Hall–Kier alpha value is -1.11. The Labute approximate surface area is 123 Å². The van der Waals surface area contributed by atoms with Crippen LogP contribution in [-0.2, 0) is 14.3 Å². The van der Waals surface area contributed by atoms with Crippen LogP contribution in [0.15, 0.2) is 22.7 Å². The molecule has 102 valence electrons. The minimum absolute atomic E-state index is 0.345. The molecule has 0 saturated carbocycles. The number of carbonyl (C=O) groups is 2. The molecule has 1 aromatic rings. The summed E-state index contributed by atoms with van der Waals surface area (Å²) in [5.41, 5.74) is 0.573. The van der Waals surface area contributed by atoms with Gasteiger partial charge in [-0.1, -0.05) is 11.6 Å². The summed E-state index contributed by atoms with van der Waals surface area (Å²) >= 11 is 9.10. The molecule has 2 N–H and O–H groups in total. The lowest BCUT2D eigenvalue weighted by atomic mass is 10.2. The van der Waals surface area contributed by atoms with Gasteiger partial charge < -0.3 is 15.2 Å². The largest absolute Gasteiger partial charge is 0.479 e. The van der Waals surface area contributed by atoms with E-state index in [1.807, 2.05) is 0 Å². The zero-order chi connectivity index (χ0) is 14.0. The van der Waals surface area contributed by atoms with E-state index in [0.717, 1.165) is 0 Å². The Balaban J connectivity index is 1.98. The van der Waals surface area contributed by atoms with Crippen LogP contribution < -0.4 is 5.32 Å². The summed E-state index contributed by atoms with van der Waals surface area (Å²) in [6, 6.07) is 4.98. The molecule has 2 rings (SSSR count). The smallest absolute Gasteiger partial charge is 0.332 e. The first-order valence-corrected chi connectivity index (χ1v) is 6.78. The number of benzene rings is 1. The lowest BCUT2D eigenvalue weighted by Gasteiger charge is -2.12. The summed E-state index contributed by atoms with van der Waals surface area (Å²) in [6.45, 7) is 0. The van der Waals surface area contributed by atoms with Gasteiger partial charge in [-0.2, -0.15) is 0 Å². The van der Waals surface area contributed by atoms with Crippen molar-refractivity contribution in [1.29, 1.82) is 0 Å². The first-order valence-electron chi connectivity index (χ1n) is 5.61. The molecule has 7 heteroatoms. The Morgan fingerprint density at radius 1 is 1.37 bits per heavy atom. The molecule has 0 spiro atoms.